The molecule has 0 bridgehead atoms. The number of nitrogens with zero attached hydrogens (tertiary/aromatic N) is 4. The van der Waals surface area contributed by atoms with Crippen molar-refractivity contribution in [2.75, 3.05) is 6.54 Å². The summed E-state index contributed by atoms with van der Waals surface area (Å²) in [5.74, 6) is 1.68. The number of carbonyl (C=O) groups is 1. The molecule has 0 aliphatic heterocycles. The smallest absolute Gasteiger partial charge is 0.254 e. The predicted octanol–water partition coefficient (Wildman–Crippen LogP) is 4.66. The van der Waals surface area contributed by atoms with E-state index in [1.807, 2.05) is 47.5 Å². The van der Waals surface area contributed by atoms with E-state index in [9.17, 15) is 4.79 Å². The van der Waals surface area contributed by atoms with Crippen LogP contribution in [0, 0.1) is 5.92 Å². The van der Waals surface area contributed by atoms with Crippen LogP contribution in [-0.4, -0.2) is 31.9 Å². The zero-order valence-electron chi connectivity index (χ0n) is 15.4. The van der Waals surface area contributed by atoms with Gasteiger partial charge in [-0.3, -0.25) is 4.79 Å². The van der Waals surface area contributed by atoms with Crippen molar-refractivity contribution in [2.45, 2.75) is 39.3 Å². The third-order valence-electron chi connectivity index (χ3n) is 4.92. The van der Waals surface area contributed by atoms with E-state index in [4.69, 9.17) is 4.98 Å². The van der Waals surface area contributed by atoms with Crippen molar-refractivity contribution in [3.63, 3.8) is 0 Å². The summed E-state index contributed by atoms with van der Waals surface area (Å²) in [5, 5.41) is 0. The van der Waals surface area contributed by atoms with Crippen LogP contribution in [0.15, 0.2) is 47.1 Å². The first-order valence-electron chi connectivity index (χ1n) is 9.50. The van der Waals surface area contributed by atoms with Gasteiger partial charge in [0.2, 0.25) is 0 Å². The van der Waals surface area contributed by atoms with Crippen molar-refractivity contribution in [3.05, 3.63) is 58.5 Å². The molecule has 1 amide bonds. The van der Waals surface area contributed by atoms with Crippen molar-refractivity contribution in [1.29, 1.82) is 0 Å². The Labute approximate surface area is 167 Å². The van der Waals surface area contributed by atoms with Crippen molar-refractivity contribution < 1.29 is 4.79 Å². The molecule has 2 aromatic heterocycles. The second kappa shape index (κ2) is 7.80. The molecular weight excluding hydrogens is 404 g/mol. The number of hydrogen-bond acceptors (Lipinski definition) is 3. The molecule has 0 radical (unpaired) electrons. The number of benzene rings is 1. The van der Waals surface area contributed by atoms with Gasteiger partial charge in [-0.05, 0) is 61.6 Å². The van der Waals surface area contributed by atoms with Crippen molar-refractivity contribution in [2.24, 2.45) is 5.92 Å². The number of imidazole rings is 1. The molecule has 0 spiro atoms. The van der Waals surface area contributed by atoms with Crippen LogP contribution >= 0.6 is 15.9 Å². The van der Waals surface area contributed by atoms with Gasteiger partial charge in [0.15, 0.2) is 5.65 Å². The molecule has 0 unspecified atom stereocenters. The molecule has 2 heterocycles. The highest BCUT2D eigenvalue weighted by Gasteiger charge is 2.26. The van der Waals surface area contributed by atoms with Crippen LogP contribution in [0.1, 0.15) is 42.4 Å². The number of hydrogen-bond donors (Lipinski definition) is 0. The number of aromatic nitrogens is 3. The van der Waals surface area contributed by atoms with Gasteiger partial charge in [0.25, 0.3) is 5.91 Å². The van der Waals surface area contributed by atoms with Gasteiger partial charge in [-0.25, -0.2) is 9.97 Å². The van der Waals surface area contributed by atoms with Gasteiger partial charge in [-0.2, -0.15) is 0 Å². The number of carbonyl (C=O) groups excluding carboxylic acids is 1. The van der Waals surface area contributed by atoms with E-state index in [1.54, 1.807) is 0 Å². The van der Waals surface area contributed by atoms with Crippen molar-refractivity contribution >= 4 is 33.0 Å². The zero-order valence-corrected chi connectivity index (χ0v) is 17.0. The summed E-state index contributed by atoms with van der Waals surface area (Å²) in [6.45, 7) is 4.24. The number of amides is 1. The predicted molar refractivity (Wildman–Crippen MR) is 109 cm³/mol. The minimum Gasteiger partial charge on any atom is -0.331 e. The summed E-state index contributed by atoms with van der Waals surface area (Å²) >= 11 is 3.43. The highest BCUT2D eigenvalue weighted by Crippen LogP contribution is 2.32. The maximum atomic E-state index is 13.1. The van der Waals surface area contributed by atoms with Crippen LogP contribution in [0.4, 0.5) is 0 Å². The summed E-state index contributed by atoms with van der Waals surface area (Å²) < 4.78 is 3.18. The van der Waals surface area contributed by atoms with Crippen LogP contribution in [-0.2, 0) is 13.1 Å². The van der Waals surface area contributed by atoms with Gasteiger partial charge in [0.1, 0.15) is 11.3 Å². The second-order valence-corrected chi connectivity index (χ2v) is 8.08. The average molecular weight is 427 g/mol. The summed E-state index contributed by atoms with van der Waals surface area (Å²) in [6.07, 6.45) is 5.25. The molecule has 0 saturated heterocycles. The molecule has 1 aromatic carbocycles. The van der Waals surface area contributed by atoms with Crippen molar-refractivity contribution in [1.82, 2.24) is 19.4 Å². The fourth-order valence-corrected chi connectivity index (χ4v) is 3.61. The van der Waals surface area contributed by atoms with Crippen molar-refractivity contribution in [3.8, 4) is 0 Å². The Morgan fingerprint density at radius 1 is 1.26 bits per heavy atom. The van der Waals surface area contributed by atoms with E-state index < -0.39 is 0 Å². The Kier molecular flexibility index (Phi) is 5.25. The van der Waals surface area contributed by atoms with Gasteiger partial charge >= 0.3 is 0 Å². The van der Waals surface area contributed by atoms with Crippen LogP contribution in [0.25, 0.3) is 11.2 Å². The number of fused-ring (bicyclic) bond motifs is 1. The number of halogens is 1. The fourth-order valence-electron chi connectivity index (χ4n) is 3.34. The maximum absolute atomic E-state index is 13.1. The molecule has 3 aromatic rings. The molecule has 4 rings (SSSR count). The number of pyridine rings is 1. The monoisotopic (exact) mass is 426 g/mol. The normalized spacial score (nSPS) is 13.9. The largest absolute Gasteiger partial charge is 0.331 e. The highest BCUT2D eigenvalue weighted by molar-refractivity contribution is 9.10. The molecular formula is C21H23BrN4O. The van der Waals surface area contributed by atoms with Crippen LogP contribution in [0.2, 0.25) is 0 Å². The van der Waals surface area contributed by atoms with Gasteiger partial charge in [0.05, 0.1) is 6.54 Å². The summed E-state index contributed by atoms with van der Waals surface area (Å²) in [5.41, 5.74) is 2.53. The third kappa shape index (κ3) is 4.05. The average Bonchev–Trinajstić information content (AvgIpc) is 3.43. The lowest BCUT2D eigenvalue weighted by molar-refractivity contribution is 0.0737. The van der Waals surface area contributed by atoms with Crippen LogP contribution in [0.5, 0.6) is 0 Å². The minimum absolute atomic E-state index is 0.0438. The van der Waals surface area contributed by atoms with Gasteiger partial charge in [-0.15, -0.1) is 0 Å². The first-order chi connectivity index (χ1) is 13.2. The molecule has 1 aliphatic rings. The zero-order chi connectivity index (χ0) is 18.8. The SMILES string of the molecule is CCCN(Cc1nc2cccnc2n1CC1CC1)C(=O)c1ccc(Br)cc1. The quantitative estimate of drug-likeness (QED) is 0.551. The molecule has 1 fully saturated rings. The number of rotatable bonds is 7. The maximum Gasteiger partial charge on any atom is 0.254 e. The van der Waals surface area contributed by atoms with Gasteiger partial charge in [-0.1, -0.05) is 22.9 Å². The lowest BCUT2D eigenvalue weighted by atomic mass is 10.2. The first-order valence-corrected chi connectivity index (χ1v) is 10.3. The Bertz CT molecular complexity index is 946. The fraction of sp³-hybridized carbons (Fsp3) is 0.381. The summed E-state index contributed by atoms with van der Waals surface area (Å²) in [6, 6.07) is 11.5. The third-order valence-corrected chi connectivity index (χ3v) is 5.45. The Morgan fingerprint density at radius 3 is 2.74 bits per heavy atom. The molecule has 5 nitrogen and oxygen atoms in total. The molecule has 0 atom stereocenters. The van der Waals surface area contributed by atoms with E-state index in [0.717, 1.165) is 34.4 Å². The Hall–Kier alpha value is -2.21. The summed E-state index contributed by atoms with van der Waals surface area (Å²) in [7, 11) is 0. The molecule has 6 heteroatoms. The van der Waals surface area contributed by atoms with E-state index >= 15 is 0 Å². The molecule has 0 N–H and O–H groups in total. The van der Waals surface area contributed by atoms with E-state index in [-0.39, 0.29) is 5.91 Å². The highest BCUT2D eigenvalue weighted by atomic mass is 79.9. The molecule has 27 heavy (non-hydrogen) atoms. The minimum atomic E-state index is 0.0438. The Morgan fingerprint density at radius 2 is 2.04 bits per heavy atom. The summed E-state index contributed by atoms with van der Waals surface area (Å²) in [4.78, 5) is 24.3. The molecule has 1 aliphatic carbocycles. The lowest BCUT2D eigenvalue weighted by Gasteiger charge is -2.22. The molecule has 140 valence electrons. The molecule has 1 saturated carbocycles. The standard InChI is InChI=1S/C21H23BrN4O/c1-2-12-25(21(27)16-7-9-17(22)10-8-16)14-19-24-18-4-3-11-23-20(18)26(19)13-15-5-6-15/h3-4,7-11,15H,2,5-6,12-14H2,1H3. The van der Waals surface area contributed by atoms with Gasteiger partial charge in [0, 0.05) is 29.3 Å². The lowest BCUT2D eigenvalue weighted by Crippen LogP contribution is -2.32. The van der Waals surface area contributed by atoms with Crippen LogP contribution in [0.3, 0.4) is 0 Å². The first kappa shape index (κ1) is 18.2. The second-order valence-electron chi connectivity index (χ2n) is 7.16. The van der Waals surface area contributed by atoms with Gasteiger partial charge < -0.3 is 9.47 Å². The topological polar surface area (TPSA) is 51.0 Å². The van der Waals surface area contributed by atoms with E-state index in [1.165, 1.54) is 12.8 Å². The van der Waals surface area contributed by atoms with E-state index in [2.05, 4.69) is 32.4 Å². The van der Waals surface area contributed by atoms with E-state index in [0.29, 0.717) is 24.6 Å². The van der Waals surface area contributed by atoms with Crippen LogP contribution < -0.4 is 0 Å². The Balaban J connectivity index is 1.64.